The lowest BCUT2D eigenvalue weighted by Gasteiger charge is -2.32. The molecule has 0 unspecified atom stereocenters. The summed E-state index contributed by atoms with van der Waals surface area (Å²) in [6.45, 7) is 6.61. The number of piperidine rings is 1. The molecule has 0 spiro atoms. The van der Waals surface area contributed by atoms with Gasteiger partial charge in [-0.15, -0.1) is 11.3 Å². The maximum Gasteiger partial charge on any atom is 0.251 e. The largest absolute Gasteiger partial charge is 0.489 e. The zero-order chi connectivity index (χ0) is 20.8. The van der Waals surface area contributed by atoms with E-state index in [-0.39, 0.29) is 12.0 Å². The third-order valence-corrected chi connectivity index (χ3v) is 6.32. The van der Waals surface area contributed by atoms with E-state index in [0.717, 1.165) is 39.0 Å². The Bertz CT molecular complexity index is 816. The van der Waals surface area contributed by atoms with E-state index in [2.05, 4.69) is 29.3 Å². The van der Waals surface area contributed by atoms with Crippen molar-refractivity contribution < 1.29 is 9.53 Å². The number of ether oxygens (including phenoxy) is 1. The number of hydrogen-bond donors (Lipinski definition) is 1. The van der Waals surface area contributed by atoms with Crippen molar-refractivity contribution in [2.75, 3.05) is 40.3 Å². The molecular weight excluding hydrogens is 406 g/mol. The molecule has 1 amide bonds. The van der Waals surface area contributed by atoms with Gasteiger partial charge in [0.1, 0.15) is 11.9 Å². The highest BCUT2D eigenvalue weighted by molar-refractivity contribution is 7.11. The highest BCUT2D eigenvalue weighted by Gasteiger charge is 2.22. The van der Waals surface area contributed by atoms with Gasteiger partial charge in [0.2, 0.25) is 0 Å². The number of carbonyl (C=O) groups excluding carboxylic acids is 1. The Morgan fingerprint density at radius 3 is 2.66 bits per heavy atom. The van der Waals surface area contributed by atoms with E-state index >= 15 is 0 Å². The van der Waals surface area contributed by atoms with E-state index in [1.807, 2.05) is 36.4 Å². The molecular formula is C22H30ClN3O2S. The van der Waals surface area contributed by atoms with Crippen LogP contribution in [-0.4, -0.2) is 62.1 Å². The number of nitrogens with zero attached hydrogens (tertiary/aromatic N) is 2. The van der Waals surface area contributed by atoms with Crippen molar-refractivity contribution in [1.82, 2.24) is 15.1 Å². The van der Waals surface area contributed by atoms with Gasteiger partial charge in [0, 0.05) is 48.0 Å². The molecule has 7 heteroatoms. The predicted molar refractivity (Wildman–Crippen MR) is 120 cm³/mol. The van der Waals surface area contributed by atoms with Gasteiger partial charge in [-0.25, -0.2) is 0 Å². The summed E-state index contributed by atoms with van der Waals surface area (Å²) in [5.41, 5.74) is 0.558. The van der Waals surface area contributed by atoms with Crippen molar-refractivity contribution >= 4 is 28.8 Å². The number of amides is 1. The summed E-state index contributed by atoms with van der Waals surface area (Å²) in [5.74, 6) is 0.543. The number of aryl methyl sites for hydroxylation is 1. The lowest BCUT2D eigenvalue weighted by Crippen LogP contribution is -2.37. The van der Waals surface area contributed by atoms with Crippen LogP contribution in [0, 0.1) is 6.92 Å². The SMILES string of the molecule is Cc1ccc(CN2CCC(Oc3ccc(C(=O)NCCN(C)C)cc3Cl)CC2)s1. The fourth-order valence-electron chi connectivity index (χ4n) is 3.39. The monoisotopic (exact) mass is 435 g/mol. The van der Waals surface area contributed by atoms with Gasteiger partial charge >= 0.3 is 0 Å². The zero-order valence-corrected chi connectivity index (χ0v) is 19.0. The second-order valence-corrected chi connectivity index (χ2v) is 9.59. The zero-order valence-electron chi connectivity index (χ0n) is 17.4. The molecule has 5 nitrogen and oxygen atoms in total. The first-order valence-corrected chi connectivity index (χ1v) is 11.3. The van der Waals surface area contributed by atoms with Gasteiger partial charge in [-0.3, -0.25) is 9.69 Å². The Balaban J connectivity index is 1.47. The van der Waals surface area contributed by atoms with E-state index < -0.39 is 0 Å². The smallest absolute Gasteiger partial charge is 0.251 e. The van der Waals surface area contributed by atoms with Crippen LogP contribution in [0.1, 0.15) is 33.0 Å². The fourth-order valence-corrected chi connectivity index (χ4v) is 4.55. The molecule has 0 bridgehead atoms. The number of nitrogens with one attached hydrogen (secondary N) is 1. The molecule has 1 aliphatic rings. The number of thiophene rings is 1. The third kappa shape index (κ3) is 6.71. The molecule has 1 fully saturated rings. The van der Waals surface area contributed by atoms with E-state index in [4.69, 9.17) is 16.3 Å². The molecule has 1 N–H and O–H groups in total. The van der Waals surface area contributed by atoms with Crippen LogP contribution in [0.4, 0.5) is 0 Å². The van der Waals surface area contributed by atoms with Gasteiger partial charge in [0.05, 0.1) is 5.02 Å². The van der Waals surface area contributed by atoms with Gasteiger partial charge in [-0.1, -0.05) is 11.6 Å². The first-order valence-electron chi connectivity index (χ1n) is 10.1. The molecule has 1 aliphatic heterocycles. The van der Waals surface area contributed by atoms with Gasteiger partial charge in [-0.2, -0.15) is 0 Å². The number of hydrogen-bond acceptors (Lipinski definition) is 5. The molecule has 1 aromatic heterocycles. The molecule has 0 atom stereocenters. The predicted octanol–water partition coefficient (Wildman–Crippen LogP) is 4.04. The first-order chi connectivity index (χ1) is 13.9. The lowest BCUT2D eigenvalue weighted by molar-refractivity contribution is 0.0949. The van der Waals surface area contributed by atoms with Crippen LogP contribution in [0.25, 0.3) is 0 Å². The quantitative estimate of drug-likeness (QED) is 0.679. The van der Waals surface area contributed by atoms with E-state index in [1.165, 1.54) is 9.75 Å². The van der Waals surface area contributed by atoms with Gasteiger partial charge in [0.25, 0.3) is 5.91 Å². The molecule has 2 heterocycles. The Labute approximate surface area is 182 Å². The maximum atomic E-state index is 12.2. The lowest BCUT2D eigenvalue weighted by atomic mass is 10.1. The molecule has 3 rings (SSSR count). The normalized spacial score (nSPS) is 15.6. The molecule has 0 radical (unpaired) electrons. The minimum atomic E-state index is -0.113. The average Bonchev–Trinajstić information content (AvgIpc) is 3.09. The standard InChI is InChI=1S/C22H30ClN3O2S/c1-16-4-6-19(29-16)15-26-11-8-18(9-12-26)28-21-7-5-17(14-20(21)23)22(27)24-10-13-25(2)3/h4-7,14,18H,8-13,15H2,1-3H3,(H,24,27). The summed E-state index contributed by atoms with van der Waals surface area (Å²) < 4.78 is 6.14. The Morgan fingerprint density at radius 2 is 2.03 bits per heavy atom. The molecule has 158 valence electrons. The van der Waals surface area contributed by atoms with Crippen molar-refractivity contribution in [3.63, 3.8) is 0 Å². The number of likely N-dealkylation sites (tertiary alicyclic amines) is 1. The van der Waals surface area contributed by atoms with Crippen molar-refractivity contribution in [3.05, 3.63) is 50.7 Å². The van der Waals surface area contributed by atoms with Crippen LogP contribution in [0.3, 0.4) is 0 Å². The molecule has 0 aliphatic carbocycles. The summed E-state index contributed by atoms with van der Waals surface area (Å²) >= 11 is 8.26. The molecule has 1 aromatic carbocycles. The molecule has 2 aromatic rings. The van der Waals surface area contributed by atoms with Crippen molar-refractivity contribution in [2.24, 2.45) is 0 Å². The number of carbonyl (C=O) groups is 1. The van der Waals surface area contributed by atoms with Crippen LogP contribution in [-0.2, 0) is 6.54 Å². The Morgan fingerprint density at radius 1 is 1.28 bits per heavy atom. The van der Waals surface area contributed by atoms with Crippen LogP contribution in [0.5, 0.6) is 5.75 Å². The number of rotatable bonds is 8. The van der Waals surface area contributed by atoms with Crippen LogP contribution in [0.2, 0.25) is 5.02 Å². The number of likely N-dealkylation sites (N-methyl/N-ethyl adjacent to an activating group) is 1. The van der Waals surface area contributed by atoms with Crippen LogP contribution >= 0.6 is 22.9 Å². The Hall–Kier alpha value is -1.60. The third-order valence-electron chi connectivity index (χ3n) is 5.04. The van der Waals surface area contributed by atoms with E-state index in [0.29, 0.717) is 22.9 Å². The van der Waals surface area contributed by atoms with Gasteiger partial charge in [-0.05, 0) is 64.2 Å². The number of halogens is 1. The molecule has 29 heavy (non-hydrogen) atoms. The van der Waals surface area contributed by atoms with E-state index in [1.54, 1.807) is 12.1 Å². The summed E-state index contributed by atoms with van der Waals surface area (Å²) in [4.78, 5) is 19.5. The van der Waals surface area contributed by atoms with Crippen LogP contribution < -0.4 is 10.1 Å². The van der Waals surface area contributed by atoms with E-state index in [9.17, 15) is 4.79 Å². The highest BCUT2D eigenvalue weighted by Crippen LogP contribution is 2.29. The number of benzene rings is 1. The highest BCUT2D eigenvalue weighted by atomic mass is 35.5. The first kappa shape index (κ1) is 22.1. The topological polar surface area (TPSA) is 44.8 Å². The summed E-state index contributed by atoms with van der Waals surface area (Å²) in [7, 11) is 3.95. The van der Waals surface area contributed by atoms with Crippen molar-refractivity contribution in [2.45, 2.75) is 32.4 Å². The second-order valence-electron chi connectivity index (χ2n) is 7.81. The summed E-state index contributed by atoms with van der Waals surface area (Å²) in [5, 5.41) is 3.39. The average molecular weight is 436 g/mol. The maximum absolute atomic E-state index is 12.2. The minimum absolute atomic E-state index is 0.113. The minimum Gasteiger partial charge on any atom is -0.489 e. The molecule has 0 saturated carbocycles. The summed E-state index contributed by atoms with van der Waals surface area (Å²) in [6.07, 6.45) is 2.12. The fraction of sp³-hybridized carbons (Fsp3) is 0.500. The summed E-state index contributed by atoms with van der Waals surface area (Å²) in [6, 6.07) is 9.69. The van der Waals surface area contributed by atoms with Crippen molar-refractivity contribution in [1.29, 1.82) is 0 Å². The van der Waals surface area contributed by atoms with Gasteiger partial charge in [0.15, 0.2) is 0 Å². The van der Waals surface area contributed by atoms with Crippen LogP contribution in [0.15, 0.2) is 30.3 Å². The molecule has 1 saturated heterocycles. The second kappa shape index (κ2) is 10.4. The van der Waals surface area contributed by atoms with Gasteiger partial charge < -0.3 is 15.0 Å². The van der Waals surface area contributed by atoms with Crippen molar-refractivity contribution in [3.8, 4) is 5.75 Å². The Kier molecular flexibility index (Phi) is 7.95.